The molecule has 0 heterocycles. The summed E-state index contributed by atoms with van der Waals surface area (Å²) in [6.07, 6.45) is 6.89. The molecule has 4 unspecified atom stereocenters. The van der Waals surface area contributed by atoms with Crippen molar-refractivity contribution < 1.29 is 0 Å². The molecular weight excluding hydrogens is 194 g/mol. The maximum absolute atomic E-state index is 3.88. The number of rotatable bonds is 5. The van der Waals surface area contributed by atoms with Crippen molar-refractivity contribution >= 4 is 0 Å². The summed E-state index contributed by atoms with van der Waals surface area (Å²) in [7, 11) is 0. The summed E-state index contributed by atoms with van der Waals surface area (Å²) in [5.74, 6) is 2.59. The van der Waals surface area contributed by atoms with Crippen LogP contribution in [0.15, 0.2) is 0 Å². The normalized spacial score (nSPS) is 34.7. The Labute approximate surface area is 102 Å². The van der Waals surface area contributed by atoms with Gasteiger partial charge in [0.05, 0.1) is 0 Å². The zero-order valence-electron chi connectivity index (χ0n) is 11.9. The summed E-state index contributed by atoms with van der Waals surface area (Å²) in [5.41, 5.74) is 0. The van der Waals surface area contributed by atoms with E-state index in [4.69, 9.17) is 0 Å². The minimum absolute atomic E-state index is 0.683. The fourth-order valence-corrected chi connectivity index (χ4v) is 3.18. The molecule has 0 spiro atoms. The van der Waals surface area contributed by atoms with Crippen molar-refractivity contribution in [3.8, 4) is 0 Å². The topological polar surface area (TPSA) is 12.0 Å². The van der Waals surface area contributed by atoms with E-state index in [9.17, 15) is 0 Å². The van der Waals surface area contributed by atoms with Crippen molar-refractivity contribution in [2.24, 2.45) is 17.8 Å². The minimum atomic E-state index is 0.683. The van der Waals surface area contributed by atoms with Crippen LogP contribution >= 0.6 is 0 Å². The molecule has 0 saturated heterocycles. The lowest BCUT2D eigenvalue weighted by Crippen LogP contribution is -2.47. The van der Waals surface area contributed by atoms with Gasteiger partial charge in [-0.15, -0.1) is 0 Å². The summed E-state index contributed by atoms with van der Waals surface area (Å²) in [4.78, 5) is 0. The van der Waals surface area contributed by atoms with Gasteiger partial charge in [-0.2, -0.15) is 0 Å². The molecule has 1 fully saturated rings. The van der Waals surface area contributed by atoms with Crippen LogP contribution in [0.5, 0.6) is 0 Å². The van der Waals surface area contributed by atoms with E-state index < -0.39 is 0 Å². The second kappa shape index (κ2) is 6.64. The van der Waals surface area contributed by atoms with Gasteiger partial charge in [-0.25, -0.2) is 0 Å². The van der Waals surface area contributed by atoms with E-state index in [1.165, 1.54) is 32.1 Å². The minimum Gasteiger partial charge on any atom is -0.311 e. The molecule has 0 radical (unpaired) electrons. The van der Waals surface area contributed by atoms with E-state index in [1.807, 2.05) is 0 Å². The third-order valence-corrected chi connectivity index (χ3v) is 4.47. The summed E-state index contributed by atoms with van der Waals surface area (Å²) in [6, 6.07) is 1.44. The Morgan fingerprint density at radius 2 is 1.69 bits per heavy atom. The van der Waals surface area contributed by atoms with E-state index in [2.05, 4.69) is 39.9 Å². The smallest absolute Gasteiger partial charge is 0.0121 e. The molecule has 1 aliphatic rings. The number of nitrogens with one attached hydrogen (secondary N) is 1. The van der Waals surface area contributed by atoms with Gasteiger partial charge in [-0.1, -0.05) is 40.5 Å². The molecule has 1 N–H and O–H groups in total. The van der Waals surface area contributed by atoms with Crippen LogP contribution in [0.1, 0.15) is 66.7 Å². The van der Waals surface area contributed by atoms with Gasteiger partial charge < -0.3 is 5.32 Å². The predicted molar refractivity (Wildman–Crippen MR) is 72.6 cm³/mol. The first-order chi connectivity index (χ1) is 7.54. The highest BCUT2D eigenvalue weighted by molar-refractivity contribution is 4.85. The molecule has 1 rings (SSSR count). The Morgan fingerprint density at radius 3 is 2.19 bits per heavy atom. The van der Waals surface area contributed by atoms with Gasteiger partial charge in [-0.05, 0) is 43.9 Å². The predicted octanol–water partition coefficient (Wildman–Crippen LogP) is 4.23. The number of hydrogen-bond donors (Lipinski definition) is 1. The van der Waals surface area contributed by atoms with E-state index in [1.54, 1.807) is 0 Å². The van der Waals surface area contributed by atoms with Gasteiger partial charge in [-0.3, -0.25) is 0 Å². The molecular formula is C15H31N. The highest BCUT2D eigenvalue weighted by Crippen LogP contribution is 2.29. The molecule has 1 nitrogen and oxygen atoms in total. The monoisotopic (exact) mass is 225 g/mol. The molecule has 0 aromatic carbocycles. The second-order valence-electron chi connectivity index (χ2n) is 6.23. The molecule has 1 aliphatic carbocycles. The lowest BCUT2D eigenvalue weighted by Gasteiger charge is -2.37. The van der Waals surface area contributed by atoms with Crippen molar-refractivity contribution in [3.05, 3.63) is 0 Å². The maximum Gasteiger partial charge on any atom is 0.0121 e. The van der Waals surface area contributed by atoms with Crippen molar-refractivity contribution in [2.45, 2.75) is 78.8 Å². The molecule has 1 saturated carbocycles. The SMILES string of the molecule is CCC(C)CC(C)NC1C(C)CCCC1C. The van der Waals surface area contributed by atoms with E-state index in [-0.39, 0.29) is 0 Å². The highest BCUT2D eigenvalue weighted by atomic mass is 15.0. The Bertz CT molecular complexity index is 180. The van der Waals surface area contributed by atoms with Crippen LogP contribution in [0.2, 0.25) is 0 Å². The molecule has 1 heteroatoms. The molecule has 4 atom stereocenters. The van der Waals surface area contributed by atoms with E-state index in [0.717, 1.165) is 23.8 Å². The summed E-state index contributed by atoms with van der Waals surface area (Å²) in [6.45, 7) is 11.9. The third kappa shape index (κ3) is 4.08. The Kier molecular flexibility index (Phi) is 5.82. The van der Waals surface area contributed by atoms with Crippen molar-refractivity contribution in [2.75, 3.05) is 0 Å². The maximum atomic E-state index is 3.88. The Hall–Kier alpha value is -0.0400. The Morgan fingerprint density at radius 1 is 1.12 bits per heavy atom. The second-order valence-corrected chi connectivity index (χ2v) is 6.23. The van der Waals surface area contributed by atoms with Crippen LogP contribution in [0, 0.1) is 17.8 Å². The third-order valence-electron chi connectivity index (χ3n) is 4.47. The summed E-state index contributed by atoms with van der Waals surface area (Å²) >= 11 is 0. The number of hydrogen-bond acceptors (Lipinski definition) is 1. The summed E-state index contributed by atoms with van der Waals surface area (Å²) < 4.78 is 0. The molecule has 96 valence electrons. The molecule has 0 aliphatic heterocycles. The van der Waals surface area contributed by atoms with Crippen LogP contribution in [0.3, 0.4) is 0 Å². The van der Waals surface area contributed by atoms with Crippen LogP contribution in [0.4, 0.5) is 0 Å². The molecule has 0 bridgehead atoms. The average molecular weight is 225 g/mol. The lowest BCUT2D eigenvalue weighted by molar-refractivity contribution is 0.188. The first-order valence-corrected chi connectivity index (χ1v) is 7.30. The largest absolute Gasteiger partial charge is 0.311 e. The molecule has 0 aromatic heterocycles. The zero-order valence-corrected chi connectivity index (χ0v) is 11.9. The van der Waals surface area contributed by atoms with Crippen molar-refractivity contribution in [3.63, 3.8) is 0 Å². The van der Waals surface area contributed by atoms with Gasteiger partial charge in [0.2, 0.25) is 0 Å². The van der Waals surface area contributed by atoms with Crippen LogP contribution in [-0.2, 0) is 0 Å². The van der Waals surface area contributed by atoms with Gasteiger partial charge >= 0.3 is 0 Å². The van der Waals surface area contributed by atoms with Crippen molar-refractivity contribution in [1.82, 2.24) is 5.32 Å². The first-order valence-electron chi connectivity index (χ1n) is 7.30. The van der Waals surface area contributed by atoms with E-state index >= 15 is 0 Å². The van der Waals surface area contributed by atoms with Crippen LogP contribution < -0.4 is 5.32 Å². The molecule has 0 aromatic rings. The fraction of sp³-hybridized carbons (Fsp3) is 1.00. The van der Waals surface area contributed by atoms with Gasteiger partial charge in [0.1, 0.15) is 0 Å². The van der Waals surface area contributed by atoms with Gasteiger partial charge in [0.15, 0.2) is 0 Å². The quantitative estimate of drug-likeness (QED) is 0.738. The van der Waals surface area contributed by atoms with Gasteiger partial charge in [0.25, 0.3) is 0 Å². The van der Waals surface area contributed by atoms with E-state index in [0.29, 0.717) is 6.04 Å². The van der Waals surface area contributed by atoms with Gasteiger partial charge in [0, 0.05) is 12.1 Å². The standard InChI is InChI=1S/C15H31N/c1-6-11(2)10-14(5)16-15-12(3)8-7-9-13(15)4/h11-16H,6-10H2,1-5H3. The zero-order chi connectivity index (χ0) is 12.1. The highest BCUT2D eigenvalue weighted by Gasteiger charge is 2.28. The van der Waals surface area contributed by atoms with Crippen LogP contribution in [-0.4, -0.2) is 12.1 Å². The molecule has 0 amide bonds. The lowest BCUT2D eigenvalue weighted by atomic mass is 9.78. The summed E-state index contributed by atoms with van der Waals surface area (Å²) in [5, 5.41) is 3.88. The first kappa shape index (κ1) is 14.0. The fourth-order valence-electron chi connectivity index (χ4n) is 3.18. The average Bonchev–Trinajstić information content (AvgIpc) is 2.23. The molecule has 16 heavy (non-hydrogen) atoms. The van der Waals surface area contributed by atoms with Crippen molar-refractivity contribution in [1.29, 1.82) is 0 Å². The Balaban J connectivity index is 2.38. The van der Waals surface area contributed by atoms with Crippen LogP contribution in [0.25, 0.3) is 0 Å².